The Kier molecular flexibility index (Phi) is 8.62. The highest BCUT2D eigenvalue weighted by atomic mass is 35.5. The number of anilines is 1. The molecule has 2 aromatic rings. The predicted molar refractivity (Wildman–Crippen MR) is 136 cm³/mol. The molecular formula is C26H33ClN4O4. The van der Waals surface area contributed by atoms with Gasteiger partial charge < -0.3 is 25.2 Å². The number of benzene rings is 2. The van der Waals surface area contributed by atoms with Crippen LogP contribution in [0.4, 0.5) is 15.3 Å². The van der Waals surface area contributed by atoms with Crippen LogP contribution in [-0.2, 0) is 22.5 Å². The van der Waals surface area contributed by atoms with Crippen molar-refractivity contribution in [2.75, 3.05) is 25.0 Å². The summed E-state index contributed by atoms with van der Waals surface area (Å²) in [6.07, 6.45) is -0.100. The van der Waals surface area contributed by atoms with E-state index in [4.69, 9.17) is 16.3 Å². The smallest absolute Gasteiger partial charge is 0.410 e. The van der Waals surface area contributed by atoms with Crippen LogP contribution in [0.5, 0.6) is 0 Å². The molecule has 0 aliphatic carbocycles. The van der Waals surface area contributed by atoms with Gasteiger partial charge in [-0.25, -0.2) is 9.59 Å². The van der Waals surface area contributed by atoms with E-state index in [1.54, 1.807) is 34.1 Å². The van der Waals surface area contributed by atoms with Gasteiger partial charge in [-0.1, -0.05) is 35.9 Å². The third-order valence-corrected chi connectivity index (χ3v) is 5.78. The fourth-order valence-electron chi connectivity index (χ4n) is 3.76. The first-order valence-corrected chi connectivity index (χ1v) is 12.0. The molecule has 35 heavy (non-hydrogen) atoms. The molecule has 0 saturated carbocycles. The maximum atomic E-state index is 12.9. The molecule has 0 unspecified atom stereocenters. The van der Waals surface area contributed by atoms with Crippen molar-refractivity contribution in [3.63, 3.8) is 0 Å². The monoisotopic (exact) mass is 500 g/mol. The highest BCUT2D eigenvalue weighted by Gasteiger charge is 2.31. The molecule has 1 fully saturated rings. The number of hydrogen-bond donors (Lipinski definition) is 2. The molecule has 1 heterocycles. The summed E-state index contributed by atoms with van der Waals surface area (Å²) in [4.78, 5) is 40.8. The number of halogens is 1. The average Bonchev–Trinajstić information content (AvgIpc) is 2.78. The van der Waals surface area contributed by atoms with Crippen LogP contribution >= 0.6 is 11.6 Å². The summed E-state index contributed by atoms with van der Waals surface area (Å²) in [5.74, 6) is 0.00255. The van der Waals surface area contributed by atoms with Crippen LogP contribution in [0, 0.1) is 0 Å². The summed E-state index contributed by atoms with van der Waals surface area (Å²) in [7, 11) is 0. The molecular weight excluding hydrogens is 468 g/mol. The lowest BCUT2D eigenvalue weighted by atomic mass is 10.1. The summed E-state index contributed by atoms with van der Waals surface area (Å²) in [5, 5.41) is 6.23. The van der Waals surface area contributed by atoms with E-state index in [0.29, 0.717) is 36.9 Å². The molecule has 2 N–H and O–H groups in total. The van der Waals surface area contributed by atoms with Gasteiger partial charge in [-0.05, 0) is 63.1 Å². The van der Waals surface area contributed by atoms with Crippen molar-refractivity contribution in [2.45, 2.75) is 52.3 Å². The standard InChI is InChI=1S/C26H33ClN4O4/c1-18-17-30(25(34)35-26(2,3)4)13-14-31(18)23(32)15-19-7-11-22(12-8-19)29-24(33)28-16-20-5-9-21(27)10-6-20/h5-12,18H,13-17H2,1-4H3,(H2,28,29,33)/t18-/m1/s1. The number of nitrogens with zero attached hydrogens (tertiary/aromatic N) is 2. The van der Waals surface area contributed by atoms with Gasteiger partial charge in [0.05, 0.1) is 6.42 Å². The lowest BCUT2D eigenvalue weighted by Crippen LogP contribution is -2.56. The van der Waals surface area contributed by atoms with Gasteiger partial charge >= 0.3 is 12.1 Å². The molecule has 0 spiro atoms. The summed E-state index contributed by atoms with van der Waals surface area (Å²) in [6.45, 7) is 9.17. The lowest BCUT2D eigenvalue weighted by molar-refractivity contribution is -0.134. The highest BCUT2D eigenvalue weighted by Crippen LogP contribution is 2.17. The molecule has 4 amide bonds. The number of rotatable bonds is 5. The van der Waals surface area contributed by atoms with Gasteiger partial charge in [0.1, 0.15) is 5.60 Å². The highest BCUT2D eigenvalue weighted by molar-refractivity contribution is 6.30. The number of ether oxygens (including phenoxy) is 1. The first-order valence-electron chi connectivity index (χ1n) is 11.7. The largest absolute Gasteiger partial charge is 0.444 e. The van der Waals surface area contributed by atoms with Crippen molar-refractivity contribution in [3.8, 4) is 0 Å². The third kappa shape index (κ3) is 8.17. The van der Waals surface area contributed by atoms with Crippen molar-refractivity contribution >= 4 is 35.3 Å². The van der Waals surface area contributed by atoms with Crippen molar-refractivity contribution in [3.05, 3.63) is 64.7 Å². The van der Waals surface area contributed by atoms with Crippen LogP contribution < -0.4 is 10.6 Å². The number of hydrogen-bond acceptors (Lipinski definition) is 4. The van der Waals surface area contributed by atoms with Gasteiger partial charge in [-0.2, -0.15) is 0 Å². The Morgan fingerprint density at radius 2 is 1.63 bits per heavy atom. The van der Waals surface area contributed by atoms with Gasteiger partial charge in [0.2, 0.25) is 5.91 Å². The Morgan fingerprint density at radius 1 is 1.00 bits per heavy atom. The van der Waals surface area contributed by atoms with E-state index < -0.39 is 5.60 Å². The van der Waals surface area contributed by atoms with Crippen molar-refractivity contribution in [1.29, 1.82) is 0 Å². The summed E-state index contributed by atoms with van der Waals surface area (Å²) in [6, 6.07) is 14.0. The number of urea groups is 1. The maximum Gasteiger partial charge on any atom is 0.410 e. The minimum atomic E-state index is -0.550. The predicted octanol–water partition coefficient (Wildman–Crippen LogP) is 4.67. The minimum absolute atomic E-state index is 0.00255. The molecule has 0 aromatic heterocycles. The van der Waals surface area contributed by atoms with Crippen LogP contribution in [0.1, 0.15) is 38.8 Å². The van der Waals surface area contributed by atoms with Crippen molar-refractivity contribution < 1.29 is 19.1 Å². The molecule has 9 heteroatoms. The topological polar surface area (TPSA) is 91.0 Å². The van der Waals surface area contributed by atoms with Gasteiger partial charge in [-0.3, -0.25) is 4.79 Å². The number of nitrogens with one attached hydrogen (secondary N) is 2. The van der Waals surface area contributed by atoms with Gasteiger partial charge in [0, 0.05) is 42.9 Å². The molecule has 188 valence electrons. The van der Waals surface area contributed by atoms with Crippen molar-refractivity contribution in [2.24, 2.45) is 0 Å². The zero-order valence-corrected chi connectivity index (χ0v) is 21.4. The lowest BCUT2D eigenvalue weighted by Gasteiger charge is -2.40. The molecule has 3 rings (SSSR count). The van der Waals surface area contributed by atoms with E-state index in [1.165, 1.54) is 0 Å². The first kappa shape index (κ1) is 26.3. The van der Waals surface area contributed by atoms with Crippen LogP contribution in [0.25, 0.3) is 0 Å². The second kappa shape index (κ2) is 11.4. The van der Waals surface area contributed by atoms with Crippen molar-refractivity contribution in [1.82, 2.24) is 15.1 Å². The molecule has 0 bridgehead atoms. The summed E-state index contributed by atoms with van der Waals surface area (Å²) >= 11 is 5.87. The van der Waals surface area contributed by atoms with E-state index in [2.05, 4.69) is 10.6 Å². The van der Waals surface area contributed by atoms with E-state index in [0.717, 1.165) is 11.1 Å². The number of carbonyl (C=O) groups excluding carboxylic acids is 3. The Bertz CT molecular complexity index is 1030. The molecule has 2 aromatic carbocycles. The Hall–Kier alpha value is -3.26. The number of carbonyl (C=O) groups is 3. The third-order valence-electron chi connectivity index (χ3n) is 5.53. The maximum absolute atomic E-state index is 12.9. The number of amides is 4. The second-order valence-corrected chi connectivity index (χ2v) is 10.1. The van der Waals surface area contributed by atoms with E-state index >= 15 is 0 Å². The number of piperazine rings is 1. The second-order valence-electron chi connectivity index (χ2n) is 9.67. The molecule has 8 nitrogen and oxygen atoms in total. The molecule has 0 radical (unpaired) electrons. The normalized spacial score (nSPS) is 16.0. The zero-order valence-electron chi connectivity index (χ0n) is 20.6. The summed E-state index contributed by atoms with van der Waals surface area (Å²) < 4.78 is 5.44. The van der Waals surface area contributed by atoms with E-state index in [-0.39, 0.29) is 30.5 Å². The summed E-state index contributed by atoms with van der Waals surface area (Å²) in [5.41, 5.74) is 1.88. The quantitative estimate of drug-likeness (QED) is 0.624. The average molecular weight is 501 g/mol. The molecule has 1 saturated heterocycles. The molecule has 1 aliphatic heterocycles. The van der Waals surface area contributed by atoms with Crippen LogP contribution in [0.3, 0.4) is 0 Å². The van der Waals surface area contributed by atoms with Gasteiger partial charge in [0.15, 0.2) is 0 Å². The fourth-order valence-corrected chi connectivity index (χ4v) is 3.89. The Labute approximate surface area is 211 Å². The minimum Gasteiger partial charge on any atom is -0.444 e. The first-order chi connectivity index (χ1) is 16.5. The SMILES string of the molecule is C[C@@H]1CN(C(=O)OC(C)(C)C)CCN1C(=O)Cc1ccc(NC(=O)NCc2ccc(Cl)cc2)cc1. The van der Waals surface area contributed by atoms with Crippen LogP contribution in [0.15, 0.2) is 48.5 Å². The Balaban J connectivity index is 1.46. The van der Waals surface area contributed by atoms with Crippen LogP contribution in [0.2, 0.25) is 5.02 Å². The molecule has 1 atom stereocenters. The zero-order chi connectivity index (χ0) is 25.6. The van der Waals surface area contributed by atoms with Crippen LogP contribution in [-0.4, -0.2) is 59.1 Å². The van der Waals surface area contributed by atoms with Gasteiger partial charge in [0.25, 0.3) is 0 Å². The molecule has 1 aliphatic rings. The fraction of sp³-hybridized carbons (Fsp3) is 0.423. The Morgan fingerprint density at radius 3 is 2.23 bits per heavy atom. The van der Waals surface area contributed by atoms with E-state index in [1.807, 2.05) is 52.0 Å². The van der Waals surface area contributed by atoms with Gasteiger partial charge in [-0.15, -0.1) is 0 Å². The van der Waals surface area contributed by atoms with E-state index in [9.17, 15) is 14.4 Å².